The smallest absolute Gasteiger partial charge is 0.255 e. The maximum Gasteiger partial charge on any atom is 0.255 e. The lowest BCUT2D eigenvalue weighted by Crippen LogP contribution is -2.38. The van der Waals surface area contributed by atoms with Gasteiger partial charge in [-0.2, -0.15) is 5.10 Å². The summed E-state index contributed by atoms with van der Waals surface area (Å²) in [6.07, 6.45) is 1.70. The summed E-state index contributed by atoms with van der Waals surface area (Å²) in [5.41, 5.74) is 3.43. The predicted octanol–water partition coefficient (Wildman–Crippen LogP) is 1.58. The van der Waals surface area contributed by atoms with E-state index in [0.29, 0.717) is 5.56 Å². The molecular weight excluding hydrogens is 228 g/mol. The molecule has 1 atom stereocenters. The van der Waals surface area contributed by atoms with Crippen molar-refractivity contribution in [1.82, 2.24) is 15.1 Å². The second-order valence-corrected chi connectivity index (χ2v) is 4.44. The van der Waals surface area contributed by atoms with Crippen LogP contribution in [0.1, 0.15) is 27.8 Å². The molecule has 0 unspecified atom stereocenters. The maximum absolute atomic E-state index is 12.0. The third kappa shape index (κ3) is 1.64. The molecule has 0 bridgehead atoms. The van der Waals surface area contributed by atoms with E-state index >= 15 is 0 Å². The van der Waals surface area contributed by atoms with Gasteiger partial charge in [-0.25, -0.2) is 0 Å². The molecule has 3 rings (SSSR count). The summed E-state index contributed by atoms with van der Waals surface area (Å²) in [5, 5.41) is 10.5. The molecule has 5 heteroatoms. The minimum Gasteiger partial charge on any atom is -0.361 e. The molecule has 2 heterocycles. The van der Waals surface area contributed by atoms with E-state index in [1.807, 2.05) is 44.4 Å². The Hall–Kier alpha value is -2.30. The Morgan fingerprint density at radius 2 is 2.06 bits per heavy atom. The van der Waals surface area contributed by atoms with E-state index < -0.39 is 0 Å². The lowest BCUT2D eigenvalue weighted by atomic mass is 10.1. The highest BCUT2D eigenvalue weighted by atomic mass is 16.2. The van der Waals surface area contributed by atoms with Gasteiger partial charge in [-0.05, 0) is 19.1 Å². The van der Waals surface area contributed by atoms with Crippen molar-refractivity contribution in [2.75, 3.05) is 5.32 Å². The van der Waals surface area contributed by atoms with Crippen molar-refractivity contribution in [3.8, 4) is 0 Å². The molecule has 2 aromatic rings. The summed E-state index contributed by atoms with van der Waals surface area (Å²) < 4.78 is 1.75. The average molecular weight is 242 g/mol. The van der Waals surface area contributed by atoms with E-state index in [-0.39, 0.29) is 12.1 Å². The van der Waals surface area contributed by atoms with Crippen LogP contribution in [-0.2, 0) is 7.05 Å². The van der Waals surface area contributed by atoms with E-state index in [0.717, 1.165) is 16.9 Å². The van der Waals surface area contributed by atoms with E-state index in [2.05, 4.69) is 15.7 Å². The number of hydrogen-bond donors (Lipinski definition) is 2. The van der Waals surface area contributed by atoms with Crippen LogP contribution in [0, 0.1) is 6.92 Å². The van der Waals surface area contributed by atoms with Crippen LogP contribution in [0.5, 0.6) is 0 Å². The third-order valence-electron chi connectivity index (χ3n) is 3.11. The topological polar surface area (TPSA) is 59.0 Å². The molecule has 1 amide bonds. The van der Waals surface area contributed by atoms with Gasteiger partial charge in [0, 0.05) is 24.5 Å². The Bertz CT molecular complexity index is 617. The Morgan fingerprint density at radius 1 is 1.28 bits per heavy atom. The molecule has 1 aliphatic rings. The minimum absolute atomic E-state index is 0.0578. The lowest BCUT2D eigenvalue weighted by molar-refractivity contribution is 0.0935. The first-order chi connectivity index (χ1) is 8.65. The molecule has 1 aliphatic heterocycles. The Kier molecular flexibility index (Phi) is 2.33. The number of aryl methyl sites for hydroxylation is 2. The van der Waals surface area contributed by atoms with Gasteiger partial charge in [0.1, 0.15) is 6.17 Å². The van der Waals surface area contributed by atoms with Gasteiger partial charge in [0.05, 0.1) is 11.3 Å². The first-order valence-corrected chi connectivity index (χ1v) is 5.82. The molecule has 0 saturated heterocycles. The summed E-state index contributed by atoms with van der Waals surface area (Å²) in [5.74, 6) is -0.0578. The second kappa shape index (κ2) is 3.87. The van der Waals surface area contributed by atoms with Crippen molar-refractivity contribution in [3.63, 3.8) is 0 Å². The number of anilines is 1. The van der Waals surface area contributed by atoms with E-state index in [1.165, 1.54) is 0 Å². The molecule has 0 fully saturated rings. The fourth-order valence-corrected chi connectivity index (χ4v) is 2.26. The van der Waals surface area contributed by atoms with Gasteiger partial charge in [-0.1, -0.05) is 12.1 Å². The van der Waals surface area contributed by atoms with Gasteiger partial charge in [0.15, 0.2) is 0 Å². The standard InChI is InChI=1S/C13H14N4O/c1-8-10(7-17(2)16-8)12-14-11-6-4-3-5-9(11)13(18)15-12/h3-7,12,14H,1-2H3,(H,15,18)/t12-/m1/s1. The number of carbonyl (C=O) groups is 1. The first-order valence-electron chi connectivity index (χ1n) is 5.82. The number of aromatic nitrogens is 2. The number of carbonyl (C=O) groups excluding carboxylic acids is 1. The normalized spacial score (nSPS) is 17.9. The molecule has 0 saturated carbocycles. The SMILES string of the molecule is Cc1nn(C)cc1[C@H]1NC(=O)c2ccccc2N1. The highest BCUT2D eigenvalue weighted by Crippen LogP contribution is 2.27. The average Bonchev–Trinajstić information content (AvgIpc) is 2.68. The van der Waals surface area contributed by atoms with Gasteiger partial charge in [0.25, 0.3) is 5.91 Å². The van der Waals surface area contributed by atoms with E-state index in [9.17, 15) is 4.79 Å². The molecule has 18 heavy (non-hydrogen) atoms. The van der Waals surface area contributed by atoms with Crippen LogP contribution >= 0.6 is 0 Å². The number of fused-ring (bicyclic) bond motifs is 1. The van der Waals surface area contributed by atoms with Crippen LogP contribution in [-0.4, -0.2) is 15.7 Å². The molecule has 5 nitrogen and oxygen atoms in total. The van der Waals surface area contributed by atoms with Gasteiger partial charge < -0.3 is 10.6 Å². The fourth-order valence-electron chi connectivity index (χ4n) is 2.26. The largest absolute Gasteiger partial charge is 0.361 e. The van der Waals surface area contributed by atoms with Crippen LogP contribution in [0.3, 0.4) is 0 Å². The number of para-hydroxylation sites is 1. The molecule has 92 valence electrons. The summed E-state index contributed by atoms with van der Waals surface area (Å²) in [7, 11) is 1.87. The van der Waals surface area contributed by atoms with Gasteiger partial charge in [-0.3, -0.25) is 9.48 Å². The molecule has 1 aromatic heterocycles. The van der Waals surface area contributed by atoms with Crippen LogP contribution in [0.4, 0.5) is 5.69 Å². The van der Waals surface area contributed by atoms with Crippen LogP contribution in [0.25, 0.3) is 0 Å². The van der Waals surface area contributed by atoms with Gasteiger partial charge >= 0.3 is 0 Å². The number of hydrogen-bond acceptors (Lipinski definition) is 3. The molecular formula is C13H14N4O. The highest BCUT2D eigenvalue weighted by Gasteiger charge is 2.26. The zero-order valence-electron chi connectivity index (χ0n) is 10.3. The zero-order valence-corrected chi connectivity index (χ0v) is 10.3. The van der Waals surface area contributed by atoms with Gasteiger partial charge in [0.2, 0.25) is 0 Å². The number of benzene rings is 1. The van der Waals surface area contributed by atoms with Crippen LogP contribution in [0.2, 0.25) is 0 Å². The quantitative estimate of drug-likeness (QED) is 0.798. The highest BCUT2D eigenvalue weighted by molar-refractivity contribution is 6.01. The molecule has 1 aromatic carbocycles. The molecule has 0 radical (unpaired) electrons. The predicted molar refractivity (Wildman–Crippen MR) is 68.2 cm³/mol. The van der Waals surface area contributed by atoms with E-state index in [4.69, 9.17) is 0 Å². The van der Waals surface area contributed by atoms with Crippen molar-refractivity contribution in [3.05, 3.63) is 47.3 Å². The van der Waals surface area contributed by atoms with Crippen molar-refractivity contribution >= 4 is 11.6 Å². The van der Waals surface area contributed by atoms with Crippen molar-refractivity contribution in [2.24, 2.45) is 7.05 Å². The molecule has 0 aliphatic carbocycles. The third-order valence-corrected chi connectivity index (χ3v) is 3.11. The monoisotopic (exact) mass is 242 g/mol. The first kappa shape index (κ1) is 10.8. The summed E-state index contributed by atoms with van der Waals surface area (Å²) in [4.78, 5) is 12.0. The number of amides is 1. The van der Waals surface area contributed by atoms with Crippen molar-refractivity contribution in [1.29, 1.82) is 0 Å². The molecule has 0 spiro atoms. The minimum atomic E-state index is -0.221. The molecule has 2 N–H and O–H groups in total. The summed E-state index contributed by atoms with van der Waals surface area (Å²) >= 11 is 0. The second-order valence-electron chi connectivity index (χ2n) is 4.44. The van der Waals surface area contributed by atoms with Crippen LogP contribution < -0.4 is 10.6 Å². The Morgan fingerprint density at radius 3 is 2.78 bits per heavy atom. The summed E-state index contributed by atoms with van der Waals surface area (Å²) in [6, 6.07) is 7.49. The van der Waals surface area contributed by atoms with Crippen molar-refractivity contribution in [2.45, 2.75) is 13.1 Å². The number of nitrogens with one attached hydrogen (secondary N) is 2. The number of nitrogens with zero attached hydrogens (tertiary/aromatic N) is 2. The van der Waals surface area contributed by atoms with Gasteiger partial charge in [-0.15, -0.1) is 0 Å². The lowest BCUT2D eigenvalue weighted by Gasteiger charge is -2.27. The summed E-state index contributed by atoms with van der Waals surface area (Å²) in [6.45, 7) is 1.93. The fraction of sp³-hybridized carbons (Fsp3) is 0.231. The van der Waals surface area contributed by atoms with E-state index in [1.54, 1.807) is 4.68 Å². The maximum atomic E-state index is 12.0. The van der Waals surface area contributed by atoms with Crippen LogP contribution in [0.15, 0.2) is 30.5 Å². The number of rotatable bonds is 1. The van der Waals surface area contributed by atoms with Crippen molar-refractivity contribution < 1.29 is 4.79 Å². The Labute approximate surface area is 105 Å². The zero-order chi connectivity index (χ0) is 12.7. The Balaban J connectivity index is 1.99.